The molecule has 1 aliphatic heterocycles. The number of hydrogen-bond acceptors (Lipinski definition) is 4. The fourth-order valence-electron chi connectivity index (χ4n) is 3.90. The van der Waals surface area contributed by atoms with Gasteiger partial charge in [-0.05, 0) is 36.5 Å². The first-order valence-corrected chi connectivity index (χ1v) is 9.33. The summed E-state index contributed by atoms with van der Waals surface area (Å²) in [6.45, 7) is 5.78. The molecule has 1 atom stereocenters. The van der Waals surface area contributed by atoms with Gasteiger partial charge in [-0.15, -0.1) is 0 Å². The number of hydrogen-bond donors (Lipinski definition) is 0. The maximum Gasteiger partial charge on any atom is 0.276 e. The number of rotatable bonds is 3. The van der Waals surface area contributed by atoms with Crippen LogP contribution >= 0.6 is 0 Å². The van der Waals surface area contributed by atoms with Gasteiger partial charge in [-0.1, -0.05) is 24.2 Å². The van der Waals surface area contributed by atoms with E-state index in [1.54, 1.807) is 12.1 Å². The smallest absolute Gasteiger partial charge is 0.276 e. The number of carbonyl (C=O) groups is 1. The zero-order chi connectivity index (χ0) is 18.1. The van der Waals surface area contributed by atoms with Crippen molar-refractivity contribution < 1.29 is 13.7 Å². The molecule has 1 aromatic carbocycles. The molecule has 0 saturated carbocycles. The lowest BCUT2D eigenvalue weighted by atomic mass is 9.88. The van der Waals surface area contributed by atoms with Crippen LogP contribution in [-0.4, -0.2) is 47.0 Å². The number of amides is 1. The van der Waals surface area contributed by atoms with E-state index in [-0.39, 0.29) is 11.7 Å². The van der Waals surface area contributed by atoms with E-state index < -0.39 is 0 Å². The minimum absolute atomic E-state index is 0.0190. The molecule has 1 amide bonds. The molecule has 5 nitrogen and oxygen atoms in total. The average Bonchev–Trinajstić information content (AvgIpc) is 3.05. The van der Waals surface area contributed by atoms with Gasteiger partial charge in [-0.25, -0.2) is 4.39 Å². The first-order valence-electron chi connectivity index (χ1n) is 9.33. The molecule has 0 bridgehead atoms. The van der Waals surface area contributed by atoms with Gasteiger partial charge < -0.3 is 9.42 Å². The number of nitrogens with zero attached hydrogens (tertiary/aromatic N) is 3. The summed E-state index contributed by atoms with van der Waals surface area (Å²) in [5, 5.41) is 4.08. The molecular formula is C20H24FN3O2. The summed E-state index contributed by atoms with van der Waals surface area (Å²) < 4.78 is 18.7. The van der Waals surface area contributed by atoms with Crippen molar-refractivity contribution in [2.24, 2.45) is 5.92 Å². The Morgan fingerprint density at radius 1 is 1.31 bits per heavy atom. The third-order valence-electron chi connectivity index (χ3n) is 5.44. The lowest BCUT2D eigenvalue weighted by Crippen LogP contribution is -2.48. The fourth-order valence-corrected chi connectivity index (χ4v) is 3.90. The predicted octanol–water partition coefficient (Wildman–Crippen LogP) is 2.90. The maximum atomic E-state index is 13.3. The van der Waals surface area contributed by atoms with Gasteiger partial charge in [0.25, 0.3) is 5.91 Å². The Balaban J connectivity index is 1.38. The molecule has 1 aliphatic carbocycles. The van der Waals surface area contributed by atoms with Gasteiger partial charge in [-0.3, -0.25) is 9.69 Å². The number of halogens is 1. The van der Waals surface area contributed by atoms with Crippen molar-refractivity contribution in [2.45, 2.75) is 32.7 Å². The van der Waals surface area contributed by atoms with Crippen LogP contribution in [0.3, 0.4) is 0 Å². The Morgan fingerprint density at radius 3 is 2.88 bits per heavy atom. The van der Waals surface area contributed by atoms with Gasteiger partial charge in [0, 0.05) is 44.7 Å². The third kappa shape index (κ3) is 3.51. The first-order chi connectivity index (χ1) is 12.6. The molecule has 2 heterocycles. The zero-order valence-corrected chi connectivity index (χ0v) is 15.1. The Morgan fingerprint density at radius 2 is 2.12 bits per heavy atom. The number of benzene rings is 1. The molecule has 0 radical (unpaired) electrons. The largest absolute Gasteiger partial charge is 0.360 e. The second kappa shape index (κ2) is 7.19. The van der Waals surface area contributed by atoms with Gasteiger partial charge >= 0.3 is 0 Å². The Bertz CT molecular complexity index is 796. The van der Waals surface area contributed by atoms with Crippen LogP contribution in [0.2, 0.25) is 0 Å². The van der Waals surface area contributed by atoms with Crippen molar-refractivity contribution in [2.75, 3.05) is 26.2 Å². The second-order valence-electron chi connectivity index (χ2n) is 7.48. The molecule has 4 rings (SSSR count). The molecule has 0 N–H and O–H groups in total. The highest BCUT2D eigenvalue weighted by Gasteiger charge is 2.30. The molecule has 1 saturated heterocycles. The summed E-state index contributed by atoms with van der Waals surface area (Å²) in [5.41, 5.74) is 2.48. The molecule has 1 aromatic heterocycles. The van der Waals surface area contributed by atoms with Gasteiger partial charge in [0.2, 0.25) is 0 Å². The Hall–Kier alpha value is -2.21. The summed E-state index contributed by atoms with van der Waals surface area (Å²) >= 11 is 0. The zero-order valence-electron chi connectivity index (χ0n) is 15.1. The van der Waals surface area contributed by atoms with Crippen LogP contribution in [-0.2, 0) is 19.4 Å². The van der Waals surface area contributed by atoms with E-state index in [0.717, 1.165) is 49.2 Å². The molecule has 1 fully saturated rings. The second-order valence-corrected chi connectivity index (χ2v) is 7.48. The van der Waals surface area contributed by atoms with E-state index in [2.05, 4.69) is 17.0 Å². The Labute approximate surface area is 152 Å². The quantitative estimate of drug-likeness (QED) is 0.848. The van der Waals surface area contributed by atoms with Gasteiger partial charge in [0.1, 0.15) is 11.6 Å². The van der Waals surface area contributed by atoms with E-state index in [9.17, 15) is 9.18 Å². The van der Waals surface area contributed by atoms with E-state index in [1.165, 1.54) is 6.07 Å². The fraction of sp³-hybridized carbons (Fsp3) is 0.500. The summed E-state index contributed by atoms with van der Waals surface area (Å²) in [5.74, 6) is 1.23. The van der Waals surface area contributed by atoms with Crippen molar-refractivity contribution in [1.82, 2.24) is 15.0 Å². The van der Waals surface area contributed by atoms with Gasteiger partial charge in [0.15, 0.2) is 5.69 Å². The molecular weight excluding hydrogens is 333 g/mol. The lowest BCUT2D eigenvalue weighted by Gasteiger charge is -2.34. The van der Waals surface area contributed by atoms with Crippen LogP contribution in [0.5, 0.6) is 0 Å². The molecule has 2 aromatic rings. The molecule has 1 unspecified atom stereocenters. The number of fused-ring (bicyclic) bond motifs is 1. The summed E-state index contributed by atoms with van der Waals surface area (Å²) in [6.07, 6.45) is 2.84. The monoisotopic (exact) mass is 357 g/mol. The van der Waals surface area contributed by atoms with Gasteiger partial charge in [0.05, 0.1) is 0 Å². The van der Waals surface area contributed by atoms with Crippen LogP contribution in [0.4, 0.5) is 4.39 Å². The average molecular weight is 357 g/mol. The van der Waals surface area contributed by atoms with Crippen LogP contribution in [0.25, 0.3) is 0 Å². The minimum Gasteiger partial charge on any atom is -0.360 e. The SMILES string of the molecule is CC1CCc2onc(C(=O)N3CCN(Cc4cccc(F)c4)CC3)c2C1. The number of piperazine rings is 1. The summed E-state index contributed by atoms with van der Waals surface area (Å²) in [4.78, 5) is 17.0. The number of aryl methyl sites for hydroxylation is 1. The number of carbonyl (C=O) groups excluding carboxylic acids is 1. The molecule has 2 aliphatic rings. The normalized spacial score (nSPS) is 20.8. The lowest BCUT2D eigenvalue weighted by molar-refractivity contribution is 0.0617. The van der Waals surface area contributed by atoms with Crippen LogP contribution in [0.1, 0.15) is 40.7 Å². The van der Waals surface area contributed by atoms with Crippen molar-refractivity contribution in [1.29, 1.82) is 0 Å². The van der Waals surface area contributed by atoms with Crippen molar-refractivity contribution >= 4 is 5.91 Å². The van der Waals surface area contributed by atoms with E-state index in [0.29, 0.717) is 31.2 Å². The third-order valence-corrected chi connectivity index (χ3v) is 5.44. The number of aromatic nitrogens is 1. The van der Waals surface area contributed by atoms with Gasteiger partial charge in [-0.2, -0.15) is 0 Å². The predicted molar refractivity (Wildman–Crippen MR) is 95.3 cm³/mol. The van der Waals surface area contributed by atoms with Crippen molar-refractivity contribution in [3.8, 4) is 0 Å². The highest BCUT2D eigenvalue weighted by Crippen LogP contribution is 2.28. The summed E-state index contributed by atoms with van der Waals surface area (Å²) in [7, 11) is 0. The molecule has 0 spiro atoms. The van der Waals surface area contributed by atoms with Crippen molar-refractivity contribution in [3.05, 3.63) is 52.7 Å². The molecule has 26 heavy (non-hydrogen) atoms. The minimum atomic E-state index is -0.207. The maximum absolute atomic E-state index is 13.3. The van der Waals surface area contributed by atoms with Crippen LogP contribution in [0, 0.1) is 11.7 Å². The van der Waals surface area contributed by atoms with Crippen molar-refractivity contribution in [3.63, 3.8) is 0 Å². The molecule has 138 valence electrons. The highest BCUT2D eigenvalue weighted by atomic mass is 19.1. The first kappa shape index (κ1) is 17.2. The van der Waals surface area contributed by atoms with Crippen LogP contribution < -0.4 is 0 Å². The Kier molecular flexibility index (Phi) is 4.76. The molecule has 6 heteroatoms. The van der Waals surface area contributed by atoms with E-state index >= 15 is 0 Å². The van der Waals surface area contributed by atoms with Crippen LogP contribution in [0.15, 0.2) is 28.8 Å². The standard InChI is InChI=1S/C20H24FN3O2/c1-14-5-6-18-17(11-14)19(22-26-18)20(25)24-9-7-23(8-10-24)13-15-3-2-4-16(21)12-15/h2-4,12,14H,5-11,13H2,1H3. The summed E-state index contributed by atoms with van der Waals surface area (Å²) in [6, 6.07) is 6.70. The highest BCUT2D eigenvalue weighted by molar-refractivity contribution is 5.94. The van der Waals surface area contributed by atoms with E-state index in [4.69, 9.17) is 4.52 Å². The topological polar surface area (TPSA) is 49.6 Å². The van der Waals surface area contributed by atoms with E-state index in [1.807, 2.05) is 11.0 Å².